The largest absolute Gasteiger partial charge is 0.298 e. The molecule has 6 nitrogen and oxygen atoms in total. The summed E-state index contributed by atoms with van der Waals surface area (Å²) in [4.78, 5) is 25.4. The third-order valence-electron chi connectivity index (χ3n) is 2.19. The lowest BCUT2D eigenvalue weighted by atomic mass is 10.2. The fourth-order valence-corrected chi connectivity index (χ4v) is 1.84. The van der Waals surface area contributed by atoms with Crippen LogP contribution in [-0.4, -0.2) is 15.8 Å². The molecule has 0 saturated carbocycles. The predicted octanol–water partition coefficient (Wildman–Crippen LogP) is 2.70. The Morgan fingerprint density at radius 1 is 1.37 bits per heavy atom. The van der Waals surface area contributed by atoms with Gasteiger partial charge >= 0.3 is 0 Å². The quantitative estimate of drug-likeness (QED) is 0.528. The number of thiazole rings is 1. The fourth-order valence-electron chi connectivity index (χ4n) is 1.31. The van der Waals surface area contributed by atoms with E-state index in [4.69, 9.17) is 0 Å². The number of nitrogens with zero attached hydrogens (tertiary/aromatic N) is 2. The molecular weight excluding hydrogens is 266 g/mol. The number of nitro benzene ring substituents is 1. The van der Waals surface area contributed by atoms with Crippen molar-refractivity contribution >= 4 is 34.1 Å². The van der Waals surface area contributed by atoms with Gasteiger partial charge < -0.3 is 0 Å². The van der Waals surface area contributed by atoms with Crippen molar-refractivity contribution < 1.29 is 9.72 Å². The van der Waals surface area contributed by atoms with Gasteiger partial charge in [0.15, 0.2) is 5.13 Å². The van der Waals surface area contributed by atoms with Crippen molar-refractivity contribution in [2.45, 2.75) is 0 Å². The molecule has 1 aromatic heterocycles. The average Bonchev–Trinajstić information content (AvgIpc) is 2.89. The van der Waals surface area contributed by atoms with Gasteiger partial charge in [0.25, 0.3) is 5.69 Å². The van der Waals surface area contributed by atoms with Crippen LogP contribution in [0.5, 0.6) is 0 Å². The van der Waals surface area contributed by atoms with Crippen molar-refractivity contribution in [3.8, 4) is 0 Å². The Hall–Kier alpha value is -2.54. The molecule has 19 heavy (non-hydrogen) atoms. The zero-order chi connectivity index (χ0) is 13.7. The highest BCUT2D eigenvalue weighted by Gasteiger charge is 2.03. The first-order valence-corrected chi connectivity index (χ1v) is 6.16. The first kappa shape index (κ1) is 12.9. The number of carbonyl (C=O) groups excluding carboxylic acids is 1. The van der Waals surface area contributed by atoms with Gasteiger partial charge in [0.05, 0.1) is 4.92 Å². The molecule has 0 unspecified atom stereocenters. The van der Waals surface area contributed by atoms with E-state index < -0.39 is 4.92 Å². The topological polar surface area (TPSA) is 85.1 Å². The summed E-state index contributed by atoms with van der Waals surface area (Å²) in [6.45, 7) is 0. The van der Waals surface area contributed by atoms with Gasteiger partial charge in [0, 0.05) is 29.8 Å². The Balaban J connectivity index is 1.98. The van der Waals surface area contributed by atoms with Gasteiger partial charge in [-0.05, 0) is 23.8 Å². The molecule has 0 saturated heterocycles. The van der Waals surface area contributed by atoms with Crippen molar-refractivity contribution in [3.63, 3.8) is 0 Å². The summed E-state index contributed by atoms with van der Waals surface area (Å²) in [6.07, 6.45) is 4.52. The lowest BCUT2D eigenvalue weighted by Crippen LogP contribution is -2.06. The van der Waals surface area contributed by atoms with Crippen LogP contribution in [0, 0.1) is 10.1 Å². The van der Waals surface area contributed by atoms with Gasteiger partial charge in [0.1, 0.15) is 0 Å². The monoisotopic (exact) mass is 275 g/mol. The number of aromatic nitrogens is 1. The number of hydrogen-bond acceptors (Lipinski definition) is 5. The van der Waals surface area contributed by atoms with E-state index in [-0.39, 0.29) is 11.6 Å². The minimum Gasteiger partial charge on any atom is -0.298 e. The zero-order valence-electron chi connectivity index (χ0n) is 9.65. The summed E-state index contributed by atoms with van der Waals surface area (Å²) < 4.78 is 0. The molecule has 2 aromatic rings. The van der Waals surface area contributed by atoms with E-state index >= 15 is 0 Å². The second-order valence-electron chi connectivity index (χ2n) is 3.51. The van der Waals surface area contributed by atoms with Crippen molar-refractivity contribution in [1.82, 2.24) is 4.98 Å². The number of rotatable bonds is 4. The summed E-state index contributed by atoms with van der Waals surface area (Å²) >= 11 is 1.33. The number of carbonyl (C=O) groups is 1. The maximum absolute atomic E-state index is 11.5. The average molecular weight is 275 g/mol. The number of nitro groups is 1. The van der Waals surface area contributed by atoms with Crippen LogP contribution in [0.4, 0.5) is 10.8 Å². The van der Waals surface area contributed by atoms with Gasteiger partial charge in [-0.1, -0.05) is 0 Å². The van der Waals surface area contributed by atoms with Gasteiger partial charge in [-0.25, -0.2) is 4.98 Å². The summed E-state index contributed by atoms with van der Waals surface area (Å²) in [5, 5.41) is 15.4. The highest BCUT2D eigenvalue weighted by molar-refractivity contribution is 7.13. The standard InChI is InChI=1S/C12H9N3O3S/c16-11(14-12-13-7-8-19-12)6-3-9-1-4-10(5-2-9)15(17)18/h1-8H,(H,13,14,16)/b6-3+. The molecule has 0 radical (unpaired) electrons. The Morgan fingerprint density at radius 2 is 2.11 bits per heavy atom. The first-order chi connectivity index (χ1) is 9.15. The second kappa shape index (κ2) is 5.87. The maximum Gasteiger partial charge on any atom is 0.269 e. The van der Waals surface area contributed by atoms with Crippen LogP contribution in [0.1, 0.15) is 5.56 Å². The number of hydrogen-bond donors (Lipinski definition) is 1. The molecule has 0 bridgehead atoms. The molecule has 1 aromatic carbocycles. The van der Waals surface area contributed by atoms with Crippen LogP contribution in [0.25, 0.3) is 6.08 Å². The molecule has 96 valence electrons. The Morgan fingerprint density at radius 3 is 2.68 bits per heavy atom. The van der Waals surface area contributed by atoms with E-state index in [9.17, 15) is 14.9 Å². The molecule has 7 heteroatoms. The molecule has 0 aliphatic rings. The normalized spacial score (nSPS) is 10.5. The van der Waals surface area contributed by atoms with Crippen molar-refractivity contribution in [3.05, 3.63) is 57.6 Å². The molecule has 0 fully saturated rings. The number of amides is 1. The van der Waals surface area contributed by atoms with Crippen LogP contribution in [0.3, 0.4) is 0 Å². The van der Waals surface area contributed by atoms with E-state index in [0.29, 0.717) is 10.7 Å². The Kier molecular flexibility index (Phi) is 3.99. The van der Waals surface area contributed by atoms with Crippen molar-refractivity contribution in [2.75, 3.05) is 5.32 Å². The maximum atomic E-state index is 11.5. The minimum atomic E-state index is -0.470. The van der Waals surface area contributed by atoms with E-state index in [1.165, 1.54) is 29.5 Å². The van der Waals surface area contributed by atoms with Crippen LogP contribution >= 0.6 is 11.3 Å². The Bertz CT molecular complexity index is 606. The van der Waals surface area contributed by atoms with Crippen molar-refractivity contribution in [2.24, 2.45) is 0 Å². The SMILES string of the molecule is O=C(/C=C/c1ccc([N+](=O)[O-])cc1)Nc1nccs1. The lowest BCUT2D eigenvalue weighted by molar-refractivity contribution is -0.384. The van der Waals surface area contributed by atoms with Crippen molar-refractivity contribution in [1.29, 1.82) is 0 Å². The smallest absolute Gasteiger partial charge is 0.269 e. The molecule has 0 aliphatic carbocycles. The van der Waals surface area contributed by atoms with Gasteiger partial charge in [0.2, 0.25) is 5.91 Å². The predicted molar refractivity (Wildman–Crippen MR) is 72.9 cm³/mol. The van der Waals surface area contributed by atoms with Crippen LogP contribution in [-0.2, 0) is 4.79 Å². The molecule has 2 rings (SSSR count). The van der Waals surface area contributed by atoms with Gasteiger partial charge in [-0.3, -0.25) is 20.2 Å². The first-order valence-electron chi connectivity index (χ1n) is 5.28. The number of nitrogens with one attached hydrogen (secondary N) is 1. The highest BCUT2D eigenvalue weighted by atomic mass is 32.1. The Labute approximate surface area is 112 Å². The second-order valence-corrected chi connectivity index (χ2v) is 4.40. The highest BCUT2D eigenvalue weighted by Crippen LogP contribution is 2.13. The summed E-state index contributed by atoms with van der Waals surface area (Å²) in [7, 11) is 0. The third-order valence-corrected chi connectivity index (χ3v) is 2.88. The summed E-state index contributed by atoms with van der Waals surface area (Å²) in [5.74, 6) is -0.298. The van der Waals surface area contributed by atoms with E-state index in [2.05, 4.69) is 10.3 Å². The lowest BCUT2D eigenvalue weighted by Gasteiger charge is -1.96. The number of anilines is 1. The molecule has 1 heterocycles. The molecule has 1 amide bonds. The molecule has 0 aliphatic heterocycles. The van der Waals surface area contributed by atoms with E-state index in [1.54, 1.807) is 29.8 Å². The summed E-state index contributed by atoms with van der Waals surface area (Å²) in [6, 6.07) is 5.92. The number of non-ortho nitro benzene ring substituents is 1. The molecule has 1 N–H and O–H groups in total. The van der Waals surface area contributed by atoms with E-state index in [1.807, 2.05) is 0 Å². The van der Waals surface area contributed by atoms with Crippen LogP contribution in [0.15, 0.2) is 41.9 Å². The van der Waals surface area contributed by atoms with E-state index in [0.717, 1.165) is 0 Å². The molecular formula is C12H9N3O3S. The van der Waals surface area contributed by atoms with Crippen LogP contribution in [0.2, 0.25) is 0 Å². The van der Waals surface area contributed by atoms with Gasteiger partial charge in [-0.15, -0.1) is 11.3 Å². The summed E-state index contributed by atoms with van der Waals surface area (Å²) in [5.41, 5.74) is 0.726. The molecule has 0 atom stereocenters. The van der Waals surface area contributed by atoms with Gasteiger partial charge in [-0.2, -0.15) is 0 Å². The minimum absolute atomic E-state index is 0.0180. The fraction of sp³-hybridized carbons (Fsp3) is 0. The number of benzene rings is 1. The van der Waals surface area contributed by atoms with Crippen LogP contribution < -0.4 is 5.32 Å². The third kappa shape index (κ3) is 3.71. The zero-order valence-corrected chi connectivity index (χ0v) is 10.5. The molecule has 0 spiro atoms.